The van der Waals surface area contributed by atoms with Gasteiger partial charge in [-0.05, 0) is 17.9 Å². The number of rotatable bonds is 5. The van der Waals surface area contributed by atoms with Crippen LogP contribution < -0.4 is 5.32 Å². The van der Waals surface area contributed by atoms with Crippen LogP contribution in [0.5, 0.6) is 0 Å². The molecule has 1 atom stereocenters. The minimum absolute atomic E-state index is 0.352. The van der Waals surface area contributed by atoms with Crippen LogP contribution in [0.2, 0.25) is 0 Å². The summed E-state index contributed by atoms with van der Waals surface area (Å²) in [7, 11) is 0. The summed E-state index contributed by atoms with van der Waals surface area (Å²) in [6, 6.07) is 2.34. The largest absolute Gasteiger partial charge is 0.338 e. The number of aryl methyl sites for hydroxylation is 2. The van der Waals surface area contributed by atoms with Gasteiger partial charge in [-0.1, -0.05) is 12.1 Å². The van der Waals surface area contributed by atoms with Crippen LogP contribution in [0.3, 0.4) is 0 Å². The summed E-state index contributed by atoms with van der Waals surface area (Å²) in [6.07, 6.45) is 2.88. The van der Waals surface area contributed by atoms with Gasteiger partial charge in [-0.2, -0.15) is 21.4 Å². The van der Waals surface area contributed by atoms with Crippen molar-refractivity contribution in [2.45, 2.75) is 45.3 Å². The highest BCUT2D eigenvalue weighted by Gasteiger charge is 2.21. The number of aromatic nitrogens is 5. The molecule has 0 saturated heterocycles. The first kappa shape index (κ1) is 14.5. The third kappa shape index (κ3) is 3.04. The van der Waals surface area contributed by atoms with Crippen molar-refractivity contribution in [3.05, 3.63) is 34.4 Å². The van der Waals surface area contributed by atoms with E-state index in [1.54, 1.807) is 11.3 Å². The Bertz CT molecular complexity index is 778. The highest BCUT2D eigenvalue weighted by molar-refractivity contribution is 7.08. The standard InChI is InChI=1S/C15H18N6OS/c1-2-12-17-13-4-3-11(8-21(13)19-12)16-7-14-18-15(20-22-14)10-5-6-23-9-10/h5-6,9,11,16H,2-4,7-8H2,1H3/t11-/m1/s1. The molecule has 0 saturated carbocycles. The molecule has 0 spiro atoms. The van der Waals surface area contributed by atoms with Crippen LogP contribution in [-0.2, 0) is 25.9 Å². The van der Waals surface area contributed by atoms with Crippen molar-refractivity contribution in [3.63, 3.8) is 0 Å². The molecular weight excluding hydrogens is 312 g/mol. The monoisotopic (exact) mass is 330 g/mol. The molecule has 0 aliphatic carbocycles. The van der Waals surface area contributed by atoms with Crippen molar-refractivity contribution >= 4 is 11.3 Å². The molecule has 0 aromatic carbocycles. The molecule has 1 N–H and O–H groups in total. The van der Waals surface area contributed by atoms with Gasteiger partial charge in [0, 0.05) is 29.8 Å². The van der Waals surface area contributed by atoms with Crippen LogP contribution >= 0.6 is 11.3 Å². The summed E-state index contributed by atoms with van der Waals surface area (Å²) >= 11 is 1.62. The predicted octanol–water partition coefficient (Wildman–Crippen LogP) is 2.06. The molecule has 4 heterocycles. The molecular formula is C15H18N6OS. The first-order valence-corrected chi connectivity index (χ1v) is 8.77. The smallest absolute Gasteiger partial charge is 0.240 e. The van der Waals surface area contributed by atoms with E-state index in [2.05, 4.69) is 32.5 Å². The average molecular weight is 330 g/mol. The molecule has 1 aliphatic heterocycles. The minimum Gasteiger partial charge on any atom is -0.338 e. The Kier molecular flexibility index (Phi) is 3.92. The topological polar surface area (TPSA) is 81.7 Å². The lowest BCUT2D eigenvalue weighted by Gasteiger charge is -2.22. The highest BCUT2D eigenvalue weighted by atomic mass is 32.1. The van der Waals surface area contributed by atoms with Gasteiger partial charge in [0.2, 0.25) is 11.7 Å². The molecule has 0 fully saturated rings. The number of hydrogen-bond donors (Lipinski definition) is 1. The average Bonchev–Trinajstić information content (AvgIpc) is 3.30. The van der Waals surface area contributed by atoms with Crippen molar-refractivity contribution in [1.29, 1.82) is 0 Å². The number of nitrogens with one attached hydrogen (secondary N) is 1. The molecule has 120 valence electrons. The van der Waals surface area contributed by atoms with Gasteiger partial charge in [0.15, 0.2) is 5.82 Å². The van der Waals surface area contributed by atoms with E-state index >= 15 is 0 Å². The van der Waals surface area contributed by atoms with Gasteiger partial charge in [0.05, 0.1) is 13.1 Å². The van der Waals surface area contributed by atoms with Crippen LogP contribution in [0, 0.1) is 0 Å². The molecule has 8 heteroatoms. The van der Waals surface area contributed by atoms with E-state index in [4.69, 9.17) is 4.52 Å². The highest BCUT2D eigenvalue weighted by Crippen LogP contribution is 2.19. The molecule has 3 aromatic heterocycles. The quantitative estimate of drug-likeness (QED) is 0.771. The molecule has 23 heavy (non-hydrogen) atoms. The summed E-state index contributed by atoms with van der Waals surface area (Å²) in [4.78, 5) is 8.97. The molecule has 7 nitrogen and oxygen atoms in total. The Morgan fingerprint density at radius 3 is 3.22 bits per heavy atom. The first-order chi connectivity index (χ1) is 11.3. The number of hydrogen-bond acceptors (Lipinski definition) is 7. The Balaban J connectivity index is 1.36. The fourth-order valence-corrected chi connectivity index (χ4v) is 3.38. The molecule has 0 bridgehead atoms. The summed E-state index contributed by atoms with van der Waals surface area (Å²) in [5.74, 6) is 3.29. The summed E-state index contributed by atoms with van der Waals surface area (Å²) < 4.78 is 7.34. The Morgan fingerprint density at radius 2 is 2.39 bits per heavy atom. The Labute approximate surface area is 137 Å². The zero-order valence-electron chi connectivity index (χ0n) is 12.9. The fourth-order valence-electron chi connectivity index (χ4n) is 2.74. The maximum atomic E-state index is 5.32. The van der Waals surface area contributed by atoms with Crippen molar-refractivity contribution < 1.29 is 4.52 Å². The van der Waals surface area contributed by atoms with E-state index < -0.39 is 0 Å². The second kappa shape index (κ2) is 6.21. The molecule has 0 amide bonds. The fraction of sp³-hybridized carbons (Fsp3) is 0.467. The molecule has 4 rings (SSSR count). The summed E-state index contributed by atoms with van der Waals surface area (Å²) in [5.41, 5.74) is 1.00. The lowest BCUT2D eigenvalue weighted by atomic mass is 10.1. The van der Waals surface area contributed by atoms with Gasteiger partial charge in [-0.25, -0.2) is 9.67 Å². The van der Waals surface area contributed by atoms with Gasteiger partial charge < -0.3 is 9.84 Å². The molecule has 1 aliphatic rings. The van der Waals surface area contributed by atoms with Crippen molar-refractivity contribution in [3.8, 4) is 11.4 Å². The normalized spacial score (nSPS) is 17.3. The zero-order chi connectivity index (χ0) is 15.6. The molecule has 3 aromatic rings. The second-order valence-electron chi connectivity index (χ2n) is 5.62. The number of fused-ring (bicyclic) bond motifs is 1. The third-order valence-corrected chi connectivity index (χ3v) is 4.69. The lowest BCUT2D eigenvalue weighted by molar-refractivity contribution is 0.320. The summed E-state index contributed by atoms with van der Waals surface area (Å²) in [5, 5.41) is 16.1. The van der Waals surface area contributed by atoms with Gasteiger partial charge in [-0.15, -0.1) is 0 Å². The zero-order valence-corrected chi connectivity index (χ0v) is 13.7. The third-order valence-electron chi connectivity index (χ3n) is 4.01. The maximum Gasteiger partial charge on any atom is 0.240 e. The van der Waals surface area contributed by atoms with E-state index in [9.17, 15) is 0 Å². The minimum atomic E-state index is 0.352. The van der Waals surface area contributed by atoms with Gasteiger partial charge >= 0.3 is 0 Å². The van der Waals surface area contributed by atoms with E-state index in [1.807, 2.05) is 21.5 Å². The summed E-state index contributed by atoms with van der Waals surface area (Å²) in [6.45, 7) is 3.50. The predicted molar refractivity (Wildman–Crippen MR) is 86.0 cm³/mol. The SMILES string of the molecule is CCc1nc2n(n1)C[C@H](NCc1nc(-c3ccsc3)no1)CC2. The number of nitrogens with zero attached hydrogens (tertiary/aromatic N) is 5. The van der Waals surface area contributed by atoms with Gasteiger partial charge in [0.25, 0.3) is 0 Å². The van der Waals surface area contributed by atoms with E-state index in [0.717, 1.165) is 43.0 Å². The van der Waals surface area contributed by atoms with Crippen molar-refractivity contribution in [2.24, 2.45) is 0 Å². The van der Waals surface area contributed by atoms with Gasteiger partial charge in [0.1, 0.15) is 5.82 Å². The first-order valence-electron chi connectivity index (χ1n) is 7.83. The Morgan fingerprint density at radius 1 is 1.43 bits per heavy atom. The molecule has 0 radical (unpaired) electrons. The van der Waals surface area contributed by atoms with Crippen LogP contribution in [0.25, 0.3) is 11.4 Å². The van der Waals surface area contributed by atoms with Crippen LogP contribution in [0.15, 0.2) is 21.3 Å². The van der Waals surface area contributed by atoms with Crippen LogP contribution in [0.1, 0.15) is 30.9 Å². The van der Waals surface area contributed by atoms with Crippen LogP contribution in [0.4, 0.5) is 0 Å². The van der Waals surface area contributed by atoms with Gasteiger partial charge in [-0.3, -0.25) is 0 Å². The second-order valence-corrected chi connectivity index (χ2v) is 6.40. The lowest BCUT2D eigenvalue weighted by Crippen LogP contribution is -2.37. The van der Waals surface area contributed by atoms with E-state index in [1.165, 1.54) is 0 Å². The maximum absolute atomic E-state index is 5.32. The molecule has 0 unspecified atom stereocenters. The van der Waals surface area contributed by atoms with Crippen molar-refractivity contribution in [2.75, 3.05) is 0 Å². The van der Waals surface area contributed by atoms with E-state index in [-0.39, 0.29) is 0 Å². The number of thiophene rings is 1. The van der Waals surface area contributed by atoms with Crippen LogP contribution in [-0.4, -0.2) is 30.9 Å². The van der Waals surface area contributed by atoms with E-state index in [0.29, 0.717) is 24.3 Å². The van der Waals surface area contributed by atoms with Crippen molar-refractivity contribution in [1.82, 2.24) is 30.2 Å². The Hall–Kier alpha value is -2.06.